The molecule has 2 aromatic carbocycles. The van der Waals surface area contributed by atoms with E-state index in [0.29, 0.717) is 29.9 Å². The number of halogens is 3. The van der Waals surface area contributed by atoms with Gasteiger partial charge in [-0.2, -0.15) is 13.2 Å². The molecule has 1 saturated heterocycles. The summed E-state index contributed by atoms with van der Waals surface area (Å²) in [5.41, 5.74) is -3.67. The van der Waals surface area contributed by atoms with E-state index in [1.807, 2.05) is 23.6 Å². The number of carbonyl (C=O) groups is 1. The summed E-state index contributed by atoms with van der Waals surface area (Å²) in [5.74, 6) is -1.66. The molecule has 1 aliphatic heterocycles. The summed E-state index contributed by atoms with van der Waals surface area (Å²) in [6, 6.07) is 8.62. The molecule has 4 atom stereocenters. The number of anilines is 1. The Hall–Kier alpha value is -2.90. The highest BCUT2D eigenvalue weighted by molar-refractivity contribution is 7.92. The van der Waals surface area contributed by atoms with Gasteiger partial charge in [-0.05, 0) is 68.1 Å². The number of carboxylic acid groups (broad SMARTS) is 1. The van der Waals surface area contributed by atoms with E-state index < -0.39 is 47.3 Å². The summed E-state index contributed by atoms with van der Waals surface area (Å²) in [7, 11) is -9.45. The van der Waals surface area contributed by atoms with Crippen molar-refractivity contribution in [1.29, 1.82) is 0 Å². The van der Waals surface area contributed by atoms with Crippen molar-refractivity contribution in [3.63, 3.8) is 0 Å². The van der Waals surface area contributed by atoms with E-state index in [1.165, 1.54) is 24.3 Å². The number of hydrogen-bond donors (Lipinski definition) is 1. The summed E-state index contributed by atoms with van der Waals surface area (Å²) < 4.78 is 89.9. The second kappa shape index (κ2) is 10.3. The molecule has 2 aliphatic rings. The average molecular weight is 587 g/mol. The van der Waals surface area contributed by atoms with Crippen LogP contribution in [0.2, 0.25) is 0 Å². The molecular weight excluding hydrogens is 557 g/mol. The quantitative estimate of drug-likeness (QED) is 0.490. The largest absolute Gasteiger partial charge is 0.501 e. The first-order chi connectivity index (χ1) is 18.1. The zero-order valence-corrected chi connectivity index (χ0v) is 22.9. The monoisotopic (exact) mass is 586 g/mol. The fraction of sp³-hybridized carbons (Fsp3) is 0.423. The Balaban J connectivity index is 1.58. The molecular formula is C26H29F3N2O6S2. The number of fused-ring (bicyclic) bond motifs is 1. The van der Waals surface area contributed by atoms with Gasteiger partial charge < -0.3 is 10.0 Å². The molecule has 0 spiro atoms. The van der Waals surface area contributed by atoms with Crippen LogP contribution in [0.1, 0.15) is 25.0 Å². The standard InChI is InChI=1S/C26H29F3N2O6S2/c1-4-24(38(34,35)23-7-5-6-18-12-19(25(32)33)13-22(18)23)31-16(2)14-30(15-17(31)3)20-8-10-21(11-9-20)39(36,37)26(27,28)29/h4-11,16-17,19,24H,1,12-15H2,2-3H3,(H,32,33). The van der Waals surface area contributed by atoms with Crippen LogP contribution in [0.15, 0.2) is 64.9 Å². The Kier molecular flexibility index (Phi) is 7.65. The normalized spacial score (nSPS) is 23.3. The first kappa shape index (κ1) is 29.1. The molecule has 212 valence electrons. The van der Waals surface area contributed by atoms with Gasteiger partial charge >= 0.3 is 11.5 Å². The molecule has 13 heteroatoms. The van der Waals surface area contributed by atoms with Gasteiger partial charge in [0.05, 0.1) is 15.7 Å². The first-order valence-corrected chi connectivity index (χ1v) is 15.3. The second-order valence-corrected chi connectivity index (χ2v) is 14.0. The zero-order valence-electron chi connectivity index (χ0n) is 21.3. The number of nitrogens with zero attached hydrogens (tertiary/aromatic N) is 2. The summed E-state index contributed by atoms with van der Waals surface area (Å²) in [5, 5.41) is 8.36. The van der Waals surface area contributed by atoms with Crippen molar-refractivity contribution in [1.82, 2.24) is 4.90 Å². The van der Waals surface area contributed by atoms with Crippen LogP contribution in [0.25, 0.3) is 0 Å². The lowest BCUT2D eigenvalue weighted by molar-refractivity contribution is -0.141. The summed E-state index contributed by atoms with van der Waals surface area (Å²) >= 11 is 0. The van der Waals surface area contributed by atoms with Crippen molar-refractivity contribution < 1.29 is 39.9 Å². The third-order valence-electron chi connectivity index (χ3n) is 7.42. The molecule has 0 saturated carbocycles. The Labute approximate surface area is 225 Å². The van der Waals surface area contributed by atoms with Crippen LogP contribution in [-0.4, -0.2) is 68.9 Å². The SMILES string of the molecule is C=CC(N1C(C)CN(c2ccc(S(=O)(=O)C(F)(F)F)cc2)CC1C)S(=O)(=O)c1cccc2c1CC(C(=O)O)C2. The number of aliphatic carboxylic acids is 1. The number of alkyl halides is 3. The molecule has 4 unspecified atom stereocenters. The van der Waals surface area contributed by atoms with Crippen LogP contribution >= 0.6 is 0 Å². The number of sulfone groups is 2. The summed E-state index contributed by atoms with van der Waals surface area (Å²) in [6.45, 7) is 8.08. The summed E-state index contributed by atoms with van der Waals surface area (Å²) in [6.07, 6.45) is 1.75. The van der Waals surface area contributed by atoms with E-state index in [-0.39, 0.29) is 29.8 Å². The maximum absolute atomic E-state index is 13.9. The maximum Gasteiger partial charge on any atom is 0.501 e. The number of piperazine rings is 1. The zero-order chi connectivity index (χ0) is 28.9. The molecule has 1 N–H and O–H groups in total. The van der Waals surface area contributed by atoms with Crippen LogP contribution in [0, 0.1) is 5.92 Å². The predicted octanol–water partition coefficient (Wildman–Crippen LogP) is 3.66. The van der Waals surface area contributed by atoms with Crippen molar-refractivity contribution in [2.75, 3.05) is 18.0 Å². The molecule has 4 rings (SSSR count). The molecule has 0 bridgehead atoms. The molecule has 39 heavy (non-hydrogen) atoms. The van der Waals surface area contributed by atoms with Crippen molar-refractivity contribution >= 4 is 31.3 Å². The van der Waals surface area contributed by atoms with Gasteiger partial charge in [-0.15, -0.1) is 6.58 Å². The lowest BCUT2D eigenvalue weighted by Gasteiger charge is -2.47. The fourth-order valence-electron chi connectivity index (χ4n) is 5.62. The highest BCUT2D eigenvalue weighted by atomic mass is 32.2. The minimum Gasteiger partial charge on any atom is -0.481 e. The third-order valence-corrected chi connectivity index (χ3v) is 11.0. The van der Waals surface area contributed by atoms with Gasteiger partial charge in [0, 0.05) is 30.9 Å². The van der Waals surface area contributed by atoms with Crippen LogP contribution in [0.5, 0.6) is 0 Å². The molecule has 0 aromatic heterocycles. The molecule has 0 amide bonds. The summed E-state index contributed by atoms with van der Waals surface area (Å²) in [4.78, 5) is 14.5. The van der Waals surface area contributed by atoms with E-state index in [1.54, 1.807) is 12.1 Å². The molecule has 8 nitrogen and oxygen atoms in total. The number of benzene rings is 2. The van der Waals surface area contributed by atoms with Crippen molar-refractivity contribution in [2.45, 2.75) is 59.4 Å². The van der Waals surface area contributed by atoms with Gasteiger partial charge in [-0.25, -0.2) is 16.8 Å². The third kappa shape index (κ3) is 5.19. The van der Waals surface area contributed by atoms with Gasteiger partial charge in [0.1, 0.15) is 5.37 Å². The highest BCUT2D eigenvalue weighted by Gasteiger charge is 2.47. The van der Waals surface area contributed by atoms with Crippen LogP contribution < -0.4 is 4.90 Å². The van der Waals surface area contributed by atoms with E-state index in [0.717, 1.165) is 12.1 Å². The van der Waals surface area contributed by atoms with Gasteiger partial charge in [0.15, 0.2) is 9.84 Å². The molecule has 1 aliphatic carbocycles. The Bertz CT molecular complexity index is 1480. The van der Waals surface area contributed by atoms with E-state index in [2.05, 4.69) is 6.58 Å². The molecule has 1 fully saturated rings. The van der Waals surface area contributed by atoms with Crippen molar-refractivity contribution in [2.24, 2.45) is 5.92 Å². The highest BCUT2D eigenvalue weighted by Crippen LogP contribution is 2.36. The lowest BCUT2D eigenvalue weighted by atomic mass is 10.1. The lowest BCUT2D eigenvalue weighted by Crippen LogP contribution is -2.61. The van der Waals surface area contributed by atoms with Crippen LogP contribution in [0.4, 0.5) is 18.9 Å². The first-order valence-electron chi connectivity index (χ1n) is 12.2. The number of hydrogen-bond acceptors (Lipinski definition) is 7. The minimum atomic E-state index is -5.46. The van der Waals surface area contributed by atoms with E-state index in [4.69, 9.17) is 0 Å². The van der Waals surface area contributed by atoms with Crippen LogP contribution in [0.3, 0.4) is 0 Å². The topological polar surface area (TPSA) is 112 Å². The second-order valence-electron chi connectivity index (χ2n) is 10.0. The minimum absolute atomic E-state index is 0.0944. The fourth-order valence-corrected chi connectivity index (χ4v) is 8.45. The Morgan fingerprint density at radius 2 is 1.62 bits per heavy atom. The van der Waals surface area contributed by atoms with Crippen molar-refractivity contribution in [3.05, 3.63) is 66.2 Å². The van der Waals surface area contributed by atoms with Gasteiger partial charge in [0.25, 0.3) is 9.84 Å². The predicted molar refractivity (Wildman–Crippen MR) is 139 cm³/mol. The van der Waals surface area contributed by atoms with Crippen molar-refractivity contribution in [3.8, 4) is 0 Å². The van der Waals surface area contributed by atoms with Gasteiger partial charge in [-0.3, -0.25) is 9.69 Å². The average Bonchev–Trinajstić information content (AvgIpc) is 3.30. The Morgan fingerprint density at radius 3 is 2.13 bits per heavy atom. The van der Waals surface area contributed by atoms with Gasteiger partial charge in [-0.1, -0.05) is 18.2 Å². The van der Waals surface area contributed by atoms with Crippen LogP contribution in [-0.2, 0) is 37.3 Å². The molecule has 2 aromatic rings. The number of rotatable bonds is 7. The molecule has 1 heterocycles. The number of carboxylic acids is 1. The van der Waals surface area contributed by atoms with E-state index >= 15 is 0 Å². The maximum atomic E-state index is 13.9. The van der Waals surface area contributed by atoms with E-state index in [9.17, 15) is 39.9 Å². The smallest absolute Gasteiger partial charge is 0.481 e. The Morgan fingerprint density at radius 1 is 1.03 bits per heavy atom. The van der Waals surface area contributed by atoms with Gasteiger partial charge in [0.2, 0.25) is 0 Å². The molecule has 0 radical (unpaired) electrons.